The van der Waals surface area contributed by atoms with Gasteiger partial charge in [0.2, 0.25) is 5.91 Å². The van der Waals surface area contributed by atoms with Crippen LogP contribution < -0.4 is 11.1 Å². The monoisotopic (exact) mass is 412 g/mol. The Labute approximate surface area is 173 Å². The molecule has 2 atom stereocenters. The highest BCUT2D eigenvalue weighted by atomic mass is 35.5. The van der Waals surface area contributed by atoms with Crippen molar-refractivity contribution in [3.05, 3.63) is 24.0 Å². The van der Waals surface area contributed by atoms with Crippen molar-refractivity contribution in [1.82, 2.24) is 9.55 Å². The van der Waals surface area contributed by atoms with Gasteiger partial charge in [-0.25, -0.2) is 4.98 Å². The van der Waals surface area contributed by atoms with Crippen molar-refractivity contribution in [2.24, 2.45) is 11.7 Å². The van der Waals surface area contributed by atoms with E-state index in [0.717, 1.165) is 49.9 Å². The Hall–Kier alpha value is -1.30. The van der Waals surface area contributed by atoms with Gasteiger partial charge in [0, 0.05) is 24.2 Å². The highest BCUT2D eigenvalue weighted by Gasteiger charge is 2.37. The Balaban J connectivity index is 0.00000131. The number of amides is 1. The van der Waals surface area contributed by atoms with E-state index >= 15 is 0 Å². The summed E-state index contributed by atoms with van der Waals surface area (Å²) in [6, 6.07) is 6.09. The molecule has 0 saturated heterocycles. The minimum absolute atomic E-state index is 0. The first-order valence-corrected chi connectivity index (χ1v) is 9.63. The van der Waals surface area contributed by atoms with Crippen LogP contribution in [0.25, 0.3) is 11.0 Å². The molecule has 150 valence electrons. The summed E-state index contributed by atoms with van der Waals surface area (Å²) in [6.45, 7) is 3.05. The van der Waals surface area contributed by atoms with E-state index in [0.29, 0.717) is 0 Å². The largest absolute Gasteiger partial charge is 0.328 e. The van der Waals surface area contributed by atoms with Gasteiger partial charge in [-0.3, -0.25) is 4.79 Å². The highest BCUT2D eigenvalue weighted by Crippen LogP contribution is 2.33. The Kier molecular flexibility index (Phi) is 7.17. The van der Waals surface area contributed by atoms with Crippen molar-refractivity contribution in [2.75, 3.05) is 5.32 Å². The predicted octanol–water partition coefficient (Wildman–Crippen LogP) is 4.45. The molecule has 0 bridgehead atoms. The molecule has 0 radical (unpaired) electrons. The van der Waals surface area contributed by atoms with Crippen molar-refractivity contribution in [2.45, 2.75) is 70.4 Å². The van der Waals surface area contributed by atoms with Gasteiger partial charge in [-0.05, 0) is 50.8 Å². The molecule has 7 heteroatoms. The van der Waals surface area contributed by atoms with Gasteiger partial charge in [0.25, 0.3) is 0 Å². The molecule has 1 aliphatic heterocycles. The van der Waals surface area contributed by atoms with E-state index in [1.807, 2.05) is 19.1 Å². The van der Waals surface area contributed by atoms with Crippen molar-refractivity contribution >= 4 is 47.4 Å². The molecule has 2 heterocycles. The molecule has 5 nitrogen and oxygen atoms in total. The summed E-state index contributed by atoms with van der Waals surface area (Å²) in [5.74, 6) is 1.11. The molecule has 3 N–H and O–H groups in total. The Morgan fingerprint density at radius 2 is 2.04 bits per heavy atom. The van der Waals surface area contributed by atoms with E-state index in [-0.39, 0.29) is 36.6 Å². The normalized spacial score (nSPS) is 24.9. The third-order valence-electron chi connectivity index (χ3n) is 5.95. The second-order valence-electron chi connectivity index (χ2n) is 7.99. The number of halogens is 2. The van der Waals surface area contributed by atoms with Crippen molar-refractivity contribution in [3.63, 3.8) is 0 Å². The summed E-state index contributed by atoms with van der Waals surface area (Å²) in [5, 5.41) is 3.08. The van der Waals surface area contributed by atoms with Crippen LogP contribution >= 0.6 is 24.8 Å². The van der Waals surface area contributed by atoms with Gasteiger partial charge in [-0.2, -0.15) is 0 Å². The van der Waals surface area contributed by atoms with Gasteiger partial charge < -0.3 is 15.6 Å². The fourth-order valence-corrected chi connectivity index (χ4v) is 4.45. The first-order chi connectivity index (χ1) is 12.0. The number of nitrogens with zero attached hydrogens (tertiary/aromatic N) is 2. The highest BCUT2D eigenvalue weighted by molar-refractivity contribution is 5.95. The van der Waals surface area contributed by atoms with Gasteiger partial charge in [-0.15, -0.1) is 24.8 Å². The van der Waals surface area contributed by atoms with Crippen LogP contribution in [0.15, 0.2) is 18.2 Å². The molecule has 0 spiro atoms. The SMILES string of the molecule is CC1(N)CCCCC1C(=O)Nc1ccc2c(c1)nc1n2CCCCC1.Cl.Cl. The number of imidazole rings is 1. The molecule has 1 aromatic carbocycles. The average molecular weight is 413 g/mol. The number of fused-ring (bicyclic) bond motifs is 3. The van der Waals surface area contributed by atoms with E-state index in [9.17, 15) is 4.79 Å². The summed E-state index contributed by atoms with van der Waals surface area (Å²) in [5.41, 5.74) is 8.95. The first-order valence-electron chi connectivity index (χ1n) is 9.63. The first kappa shape index (κ1) is 22.0. The van der Waals surface area contributed by atoms with E-state index in [1.54, 1.807) is 0 Å². The van der Waals surface area contributed by atoms with Crippen LogP contribution in [0.5, 0.6) is 0 Å². The third-order valence-corrected chi connectivity index (χ3v) is 5.95. The van der Waals surface area contributed by atoms with Crippen LogP contribution in [-0.4, -0.2) is 21.0 Å². The molecule has 2 aromatic rings. The van der Waals surface area contributed by atoms with Crippen LogP contribution in [0.2, 0.25) is 0 Å². The number of benzene rings is 1. The van der Waals surface area contributed by atoms with Crippen LogP contribution in [0.1, 0.15) is 57.7 Å². The number of hydrogen-bond acceptors (Lipinski definition) is 3. The van der Waals surface area contributed by atoms with Gasteiger partial charge in [0.05, 0.1) is 17.0 Å². The fraction of sp³-hybridized carbons (Fsp3) is 0.600. The number of nitrogens with one attached hydrogen (secondary N) is 1. The van der Waals surface area contributed by atoms with E-state index in [4.69, 9.17) is 10.7 Å². The molecule has 1 amide bonds. The number of carbonyl (C=O) groups excluding carboxylic acids is 1. The molecule has 1 fully saturated rings. The Morgan fingerprint density at radius 1 is 1.22 bits per heavy atom. The van der Waals surface area contributed by atoms with E-state index in [1.165, 1.54) is 30.6 Å². The van der Waals surface area contributed by atoms with Gasteiger partial charge in [0.1, 0.15) is 5.82 Å². The smallest absolute Gasteiger partial charge is 0.229 e. The third kappa shape index (κ3) is 4.41. The fourth-order valence-electron chi connectivity index (χ4n) is 4.45. The van der Waals surface area contributed by atoms with Crippen LogP contribution in [0, 0.1) is 5.92 Å². The van der Waals surface area contributed by atoms with Crippen LogP contribution in [-0.2, 0) is 17.8 Å². The van der Waals surface area contributed by atoms with Crippen LogP contribution in [0.4, 0.5) is 5.69 Å². The lowest BCUT2D eigenvalue weighted by molar-refractivity contribution is -0.122. The maximum Gasteiger partial charge on any atom is 0.229 e. The zero-order chi connectivity index (χ0) is 17.4. The summed E-state index contributed by atoms with van der Waals surface area (Å²) >= 11 is 0. The minimum atomic E-state index is -0.405. The molecule has 1 aliphatic carbocycles. The standard InChI is InChI=1S/C20H28N4O.2ClH/c1-20(21)11-5-4-7-15(20)19(25)22-14-9-10-17-16(13-14)23-18-8-3-2-6-12-24(17)18;;/h9-10,13,15H,2-8,11-12,21H2,1H3,(H,22,25);2*1H. The van der Waals surface area contributed by atoms with E-state index < -0.39 is 5.54 Å². The number of anilines is 1. The molecule has 1 aromatic heterocycles. The van der Waals surface area contributed by atoms with Crippen molar-refractivity contribution in [3.8, 4) is 0 Å². The molecule has 27 heavy (non-hydrogen) atoms. The summed E-state index contributed by atoms with van der Waals surface area (Å²) in [4.78, 5) is 17.6. The second-order valence-corrected chi connectivity index (χ2v) is 7.99. The predicted molar refractivity (Wildman–Crippen MR) is 115 cm³/mol. The summed E-state index contributed by atoms with van der Waals surface area (Å²) in [7, 11) is 0. The number of aryl methyl sites for hydroxylation is 2. The lowest BCUT2D eigenvalue weighted by Gasteiger charge is -2.37. The van der Waals surface area contributed by atoms with Crippen LogP contribution in [0.3, 0.4) is 0 Å². The van der Waals surface area contributed by atoms with Crippen molar-refractivity contribution < 1.29 is 4.79 Å². The zero-order valence-corrected chi connectivity index (χ0v) is 17.5. The van der Waals surface area contributed by atoms with Gasteiger partial charge in [0.15, 0.2) is 0 Å². The topological polar surface area (TPSA) is 72.9 Å². The maximum atomic E-state index is 12.7. The molecule has 2 aliphatic rings. The molecule has 2 unspecified atom stereocenters. The second kappa shape index (κ2) is 8.80. The molecular formula is C20H30Cl2N4O. The molecule has 4 rings (SSSR count). The average Bonchev–Trinajstić information content (AvgIpc) is 2.74. The lowest BCUT2D eigenvalue weighted by atomic mass is 9.74. The Morgan fingerprint density at radius 3 is 2.81 bits per heavy atom. The van der Waals surface area contributed by atoms with Gasteiger partial charge in [-0.1, -0.05) is 19.3 Å². The van der Waals surface area contributed by atoms with Gasteiger partial charge >= 0.3 is 0 Å². The quantitative estimate of drug-likeness (QED) is 0.764. The number of carbonyl (C=O) groups is 1. The van der Waals surface area contributed by atoms with E-state index in [2.05, 4.69) is 16.0 Å². The molecular weight excluding hydrogens is 383 g/mol. The minimum Gasteiger partial charge on any atom is -0.328 e. The Bertz CT molecular complexity index is 803. The summed E-state index contributed by atoms with van der Waals surface area (Å²) in [6.07, 6.45) is 8.73. The number of aromatic nitrogens is 2. The number of hydrogen-bond donors (Lipinski definition) is 2. The zero-order valence-electron chi connectivity index (χ0n) is 15.9. The maximum absolute atomic E-state index is 12.7. The number of rotatable bonds is 2. The number of nitrogens with two attached hydrogens (primary N) is 1. The molecule has 1 saturated carbocycles. The lowest BCUT2D eigenvalue weighted by Crippen LogP contribution is -2.51. The summed E-state index contributed by atoms with van der Waals surface area (Å²) < 4.78 is 2.34. The van der Waals surface area contributed by atoms with Crippen molar-refractivity contribution in [1.29, 1.82) is 0 Å².